The van der Waals surface area contributed by atoms with Gasteiger partial charge in [0.15, 0.2) is 6.10 Å². The molecule has 2 amide bonds. The lowest BCUT2D eigenvalue weighted by atomic mass is 9.92. The van der Waals surface area contributed by atoms with Crippen molar-refractivity contribution >= 4 is 23.5 Å². The van der Waals surface area contributed by atoms with Gasteiger partial charge in [-0.3, -0.25) is 14.4 Å². The third kappa shape index (κ3) is 3.38. The number of hydrogen-bond acceptors (Lipinski definition) is 4. The van der Waals surface area contributed by atoms with Gasteiger partial charge >= 0.3 is 5.97 Å². The van der Waals surface area contributed by atoms with Gasteiger partial charge in [0.25, 0.3) is 5.91 Å². The molecular weight excluding hydrogens is 348 g/mol. The minimum atomic E-state index is -0.812. The van der Waals surface area contributed by atoms with E-state index in [4.69, 9.17) is 4.74 Å². The number of carbonyl (C=O) groups is 3. The second-order valence-electron chi connectivity index (χ2n) is 7.71. The van der Waals surface area contributed by atoms with Crippen molar-refractivity contribution in [3.63, 3.8) is 0 Å². The predicted octanol–water partition coefficient (Wildman–Crippen LogP) is 1.76. The molecule has 7 heteroatoms. The number of carbonyl (C=O) groups excluding carboxylic acids is 2. The smallest absolute Gasteiger partial charge is 0.308 e. The number of hydrogen-bond donors (Lipinski definition) is 1. The second-order valence-corrected chi connectivity index (χ2v) is 7.71. The minimum absolute atomic E-state index is 0.0669. The zero-order valence-corrected chi connectivity index (χ0v) is 15.3. The van der Waals surface area contributed by atoms with Crippen LogP contribution in [0.15, 0.2) is 24.3 Å². The number of amides is 2. The predicted molar refractivity (Wildman–Crippen MR) is 97.4 cm³/mol. The molecule has 1 aliphatic carbocycles. The van der Waals surface area contributed by atoms with Gasteiger partial charge < -0.3 is 19.6 Å². The van der Waals surface area contributed by atoms with Crippen molar-refractivity contribution in [3.05, 3.63) is 24.3 Å². The van der Waals surface area contributed by atoms with Crippen LogP contribution in [0.3, 0.4) is 0 Å². The van der Waals surface area contributed by atoms with E-state index in [1.54, 1.807) is 16.7 Å². The highest BCUT2D eigenvalue weighted by molar-refractivity contribution is 6.00. The molecule has 144 valence electrons. The van der Waals surface area contributed by atoms with E-state index in [2.05, 4.69) is 0 Å². The van der Waals surface area contributed by atoms with Gasteiger partial charge in [0.05, 0.1) is 11.6 Å². The van der Waals surface area contributed by atoms with E-state index in [9.17, 15) is 19.5 Å². The van der Waals surface area contributed by atoms with Gasteiger partial charge in [-0.25, -0.2) is 0 Å². The number of benzene rings is 1. The summed E-state index contributed by atoms with van der Waals surface area (Å²) in [5.41, 5.74) is 0.675. The molecule has 2 heterocycles. The summed E-state index contributed by atoms with van der Waals surface area (Å²) >= 11 is 0. The SMILES string of the molecule is CC1Oc2ccccc2N(CCC(=O)N2C[C@H](C(=O)O)[C@@H](C3CC3)C2)C1=O. The van der Waals surface area contributed by atoms with Crippen LogP contribution in [-0.2, 0) is 14.4 Å². The lowest BCUT2D eigenvalue weighted by molar-refractivity contribution is -0.142. The van der Waals surface area contributed by atoms with Crippen LogP contribution in [0.1, 0.15) is 26.2 Å². The van der Waals surface area contributed by atoms with Crippen molar-refractivity contribution in [2.45, 2.75) is 32.3 Å². The number of rotatable bonds is 5. The molecule has 2 aliphatic heterocycles. The molecule has 4 rings (SSSR count). The van der Waals surface area contributed by atoms with Crippen molar-refractivity contribution in [2.24, 2.45) is 17.8 Å². The average Bonchev–Trinajstić information content (AvgIpc) is 3.39. The second kappa shape index (κ2) is 6.87. The fraction of sp³-hybridized carbons (Fsp3) is 0.550. The molecule has 1 aromatic carbocycles. The maximum Gasteiger partial charge on any atom is 0.308 e. The molecule has 3 atom stereocenters. The standard InChI is InChI=1S/C20H24N2O5/c1-12-19(24)22(16-4-2-3-5-17(16)27-12)9-8-18(23)21-10-14(13-6-7-13)15(11-21)20(25)26/h2-5,12-15H,6-11H2,1H3,(H,25,26)/t12?,14-,15+/m1/s1. The van der Waals surface area contributed by atoms with E-state index in [0.29, 0.717) is 23.9 Å². The zero-order chi connectivity index (χ0) is 19.1. The van der Waals surface area contributed by atoms with Crippen LogP contribution >= 0.6 is 0 Å². The lowest BCUT2D eigenvalue weighted by Gasteiger charge is -2.33. The average molecular weight is 372 g/mol. The summed E-state index contributed by atoms with van der Waals surface area (Å²) in [6.45, 7) is 2.76. The van der Waals surface area contributed by atoms with Crippen molar-refractivity contribution in [3.8, 4) is 5.75 Å². The Hall–Kier alpha value is -2.57. The number of likely N-dealkylation sites (tertiary alicyclic amines) is 1. The number of carboxylic acid groups (broad SMARTS) is 1. The molecule has 27 heavy (non-hydrogen) atoms. The van der Waals surface area contributed by atoms with E-state index in [1.807, 2.05) is 24.3 Å². The quantitative estimate of drug-likeness (QED) is 0.851. The van der Waals surface area contributed by atoms with Gasteiger partial charge in [0.1, 0.15) is 5.75 Å². The Kier molecular flexibility index (Phi) is 4.53. The highest BCUT2D eigenvalue weighted by atomic mass is 16.5. The Morgan fingerprint density at radius 2 is 1.96 bits per heavy atom. The Bertz CT molecular complexity index is 775. The Morgan fingerprint density at radius 1 is 1.22 bits per heavy atom. The molecule has 2 fully saturated rings. The topological polar surface area (TPSA) is 87.2 Å². The molecule has 1 N–H and O–H groups in total. The number of aliphatic carboxylic acids is 1. The monoisotopic (exact) mass is 372 g/mol. The third-order valence-electron chi connectivity index (χ3n) is 5.89. The number of ether oxygens (including phenoxy) is 1. The first kappa shape index (κ1) is 17.8. The maximum absolute atomic E-state index is 12.7. The highest BCUT2D eigenvalue weighted by Crippen LogP contribution is 2.44. The summed E-state index contributed by atoms with van der Waals surface area (Å²) in [5, 5.41) is 9.46. The van der Waals surface area contributed by atoms with Gasteiger partial charge in [0, 0.05) is 26.1 Å². The summed E-state index contributed by atoms with van der Waals surface area (Å²) in [5.74, 6) is -0.385. The minimum Gasteiger partial charge on any atom is -0.481 e. The van der Waals surface area contributed by atoms with Crippen LogP contribution in [0.5, 0.6) is 5.75 Å². The summed E-state index contributed by atoms with van der Waals surface area (Å²) in [6, 6.07) is 7.30. The first-order valence-corrected chi connectivity index (χ1v) is 9.53. The van der Waals surface area contributed by atoms with Crippen LogP contribution in [0, 0.1) is 17.8 Å². The van der Waals surface area contributed by atoms with Crippen LogP contribution < -0.4 is 9.64 Å². The third-order valence-corrected chi connectivity index (χ3v) is 5.89. The Labute approximate surface area is 157 Å². The lowest BCUT2D eigenvalue weighted by Crippen LogP contribution is -2.46. The summed E-state index contributed by atoms with van der Waals surface area (Å²) in [7, 11) is 0. The Balaban J connectivity index is 1.42. The van der Waals surface area contributed by atoms with Crippen molar-refractivity contribution in [1.82, 2.24) is 4.90 Å². The molecule has 7 nitrogen and oxygen atoms in total. The van der Waals surface area contributed by atoms with Gasteiger partial charge in [0.2, 0.25) is 5.91 Å². The largest absolute Gasteiger partial charge is 0.481 e. The summed E-state index contributed by atoms with van der Waals surface area (Å²) in [6.07, 6.45) is 1.72. The Morgan fingerprint density at radius 3 is 2.67 bits per heavy atom. The van der Waals surface area contributed by atoms with Crippen LogP contribution in [0.25, 0.3) is 0 Å². The molecule has 0 bridgehead atoms. The molecule has 1 saturated heterocycles. The van der Waals surface area contributed by atoms with Crippen LogP contribution in [0.2, 0.25) is 0 Å². The number of carboxylic acids is 1. The number of para-hydroxylation sites is 2. The number of fused-ring (bicyclic) bond motifs is 1. The van der Waals surface area contributed by atoms with E-state index in [-0.39, 0.29) is 37.2 Å². The molecule has 3 aliphatic rings. The normalized spacial score (nSPS) is 27.3. The molecule has 1 aromatic rings. The maximum atomic E-state index is 12.7. The van der Waals surface area contributed by atoms with E-state index in [0.717, 1.165) is 12.8 Å². The fourth-order valence-electron chi connectivity index (χ4n) is 4.25. The fourth-order valence-corrected chi connectivity index (χ4v) is 4.25. The first-order valence-electron chi connectivity index (χ1n) is 9.53. The van der Waals surface area contributed by atoms with Crippen LogP contribution in [-0.4, -0.2) is 53.5 Å². The van der Waals surface area contributed by atoms with Gasteiger partial charge in [-0.2, -0.15) is 0 Å². The molecule has 0 radical (unpaired) electrons. The number of nitrogens with zero attached hydrogens (tertiary/aromatic N) is 2. The molecule has 1 unspecified atom stereocenters. The summed E-state index contributed by atoms with van der Waals surface area (Å²) < 4.78 is 5.62. The molecule has 0 spiro atoms. The molecule has 1 saturated carbocycles. The van der Waals surface area contributed by atoms with Gasteiger partial charge in [-0.05, 0) is 43.7 Å². The zero-order valence-electron chi connectivity index (χ0n) is 15.3. The van der Waals surface area contributed by atoms with Gasteiger partial charge in [-0.15, -0.1) is 0 Å². The summed E-state index contributed by atoms with van der Waals surface area (Å²) in [4.78, 5) is 40.0. The van der Waals surface area contributed by atoms with E-state index >= 15 is 0 Å². The molecule has 0 aromatic heterocycles. The van der Waals surface area contributed by atoms with Crippen molar-refractivity contribution in [2.75, 3.05) is 24.5 Å². The highest BCUT2D eigenvalue weighted by Gasteiger charge is 2.46. The van der Waals surface area contributed by atoms with E-state index < -0.39 is 18.0 Å². The van der Waals surface area contributed by atoms with E-state index in [1.165, 1.54) is 0 Å². The van der Waals surface area contributed by atoms with Gasteiger partial charge in [-0.1, -0.05) is 12.1 Å². The molecular formula is C20H24N2O5. The first-order chi connectivity index (χ1) is 13.0. The van der Waals surface area contributed by atoms with Crippen molar-refractivity contribution < 1.29 is 24.2 Å². The van der Waals surface area contributed by atoms with Crippen molar-refractivity contribution in [1.29, 1.82) is 0 Å². The van der Waals surface area contributed by atoms with Crippen LogP contribution in [0.4, 0.5) is 5.69 Å². The number of anilines is 1.